The molecule has 0 aliphatic carbocycles. The Morgan fingerprint density at radius 3 is 2.17 bits per heavy atom. The average molecular weight is 344 g/mol. The highest BCUT2D eigenvalue weighted by Crippen LogP contribution is 2.13. The maximum absolute atomic E-state index is 12.2. The Morgan fingerprint density at radius 1 is 1.00 bits per heavy atom. The number of hydrogen-bond donors (Lipinski definition) is 1. The van der Waals surface area contributed by atoms with Crippen molar-refractivity contribution in [1.29, 1.82) is 0 Å². The molecule has 1 unspecified atom stereocenters. The van der Waals surface area contributed by atoms with Crippen LogP contribution >= 0.6 is 0 Å². The molecule has 0 rings (SSSR count). The Hall–Kier alpha value is -1.26. The molecule has 0 fully saturated rings. The molecule has 24 heavy (non-hydrogen) atoms. The zero-order valence-corrected chi connectivity index (χ0v) is 16.4. The molecule has 142 valence electrons. The van der Waals surface area contributed by atoms with Crippen LogP contribution in [0.25, 0.3) is 0 Å². The summed E-state index contributed by atoms with van der Waals surface area (Å²) in [7, 11) is 0. The summed E-state index contributed by atoms with van der Waals surface area (Å²) < 4.78 is 10.5. The third-order valence-corrected chi connectivity index (χ3v) is 3.41. The largest absolute Gasteiger partial charge is 0.464 e. The lowest BCUT2D eigenvalue weighted by molar-refractivity contribution is -0.146. The van der Waals surface area contributed by atoms with Crippen LogP contribution in [0.15, 0.2) is 0 Å². The van der Waals surface area contributed by atoms with Crippen LogP contribution in [0.3, 0.4) is 0 Å². The highest BCUT2D eigenvalue weighted by molar-refractivity contribution is 5.81. The van der Waals surface area contributed by atoms with Gasteiger partial charge in [-0.3, -0.25) is 0 Å². The second-order valence-corrected chi connectivity index (χ2v) is 8.04. The fourth-order valence-electron chi connectivity index (χ4n) is 2.13. The number of nitrogens with one attached hydrogen (secondary N) is 1. The van der Waals surface area contributed by atoms with E-state index in [-0.39, 0.29) is 17.3 Å². The maximum atomic E-state index is 12.2. The number of hydrogen-bond acceptors (Lipinski definition) is 4. The van der Waals surface area contributed by atoms with E-state index in [0.29, 0.717) is 19.6 Å². The molecule has 0 aromatic rings. The Bertz CT molecular complexity index is 361. The van der Waals surface area contributed by atoms with Crippen molar-refractivity contribution in [3.63, 3.8) is 0 Å². The number of carbonyl (C=O) groups is 2. The molecule has 0 saturated heterocycles. The first-order chi connectivity index (χ1) is 11.2. The van der Waals surface area contributed by atoms with E-state index in [1.807, 2.05) is 34.6 Å². The van der Waals surface area contributed by atoms with Crippen molar-refractivity contribution in [1.82, 2.24) is 5.32 Å². The van der Waals surface area contributed by atoms with Gasteiger partial charge in [0.1, 0.15) is 6.04 Å². The number of ether oxygens (including phenoxy) is 2. The Labute approximate surface area is 147 Å². The molecule has 0 aliphatic rings. The number of unbranched alkanes of at least 4 members (excludes halogenated alkanes) is 4. The summed E-state index contributed by atoms with van der Waals surface area (Å²) in [5.74, 6) is -0.0954. The van der Waals surface area contributed by atoms with E-state index in [1.54, 1.807) is 0 Å². The van der Waals surface area contributed by atoms with Gasteiger partial charge in [-0.05, 0) is 24.2 Å². The van der Waals surface area contributed by atoms with Crippen LogP contribution in [-0.4, -0.2) is 31.3 Å². The van der Waals surface area contributed by atoms with Crippen molar-refractivity contribution in [2.24, 2.45) is 11.3 Å². The van der Waals surface area contributed by atoms with Crippen molar-refractivity contribution < 1.29 is 19.1 Å². The quantitative estimate of drug-likeness (QED) is 0.437. The van der Waals surface area contributed by atoms with Crippen LogP contribution in [0, 0.1) is 11.3 Å². The van der Waals surface area contributed by atoms with Gasteiger partial charge >= 0.3 is 12.1 Å². The summed E-state index contributed by atoms with van der Waals surface area (Å²) in [5, 5.41) is 2.65. The number of rotatable bonds is 11. The second kappa shape index (κ2) is 12.2. The third-order valence-electron chi connectivity index (χ3n) is 3.41. The van der Waals surface area contributed by atoms with E-state index in [1.165, 1.54) is 19.3 Å². The van der Waals surface area contributed by atoms with E-state index >= 15 is 0 Å². The summed E-state index contributed by atoms with van der Waals surface area (Å²) in [4.78, 5) is 24.1. The van der Waals surface area contributed by atoms with Crippen LogP contribution in [0.5, 0.6) is 0 Å². The lowest BCUT2D eigenvalue weighted by Gasteiger charge is -2.22. The number of carbonyl (C=O) groups excluding carboxylic acids is 2. The van der Waals surface area contributed by atoms with Gasteiger partial charge in [0.2, 0.25) is 0 Å². The van der Waals surface area contributed by atoms with Gasteiger partial charge in [0, 0.05) is 0 Å². The van der Waals surface area contributed by atoms with Crippen LogP contribution in [0.2, 0.25) is 0 Å². The minimum absolute atomic E-state index is 0.107. The molecule has 0 aromatic carbocycles. The Morgan fingerprint density at radius 2 is 1.62 bits per heavy atom. The fraction of sp³-hybridized carbons (Fsp3) is 0.895. The molecular formula is C19H37NO4. The van der Waals surface area contributed by atoms with E-state index in [4.69, 9.17) is 9.47 Å². The zero-order chi connectivity index (χ0) is 18.6. The first-order valence-electron chi connectivity index (χ1n) is 9.25. The van der Waals surface area contributed by atoms with Gasteiger partial charge in [0.05, 0.1) is 13.2 Å². The smallest absolute Gasteiger partial charge is 0.407 e. The highest BCUT2D eigenvalue weighted by Gasteiger charge is 2.24. The van der Waals surface area contributed by atoms with Gasteiger partial charge in [0.15, 0.2) is 0 Å². The summed E-state index contributed by atoms with van der Waals surface area (Å²) >= 11 is 0. The minimum atomic E-state index is -0.645. The predicted molar refractivity (Wildman–Crippen MR) is 96.9 cm³/mol. The Kier molecular flexibility index (Phi) is 11.5. The normalized spacial score (nSPS) is 12.8. The maximum Gasteiger partial charge on any atom is 0.407 e. The molecular weight excluding hydrogens is 306 g/mol. The van der Waals surface area contributed by atoms with Crippen LogP contribution < -0.4 is 5.32 Å². The van der Waals surface area contributed by atoms with Crippen molar-refractivity contribution >= 4 is 12.1 Å². The lowest BCUT2D eigenvalue weighted by atomic mass is 9.99. The molecule has 0 saturated carbocycles. The van der Waals surface area contributed by atoms with Crippen molar-refractivity contribution in [2.45, 2.75) is 86.1 Å². The Balaban J connectivity index is 4.28. The molecule has 0 radical (unpaired) electrons. The van der Waals surface area contributed by atoms with E-state index in [9.17, 15) is 9.59 Å². The van der Waals surface area contributed by atoms with E-state index in [2.05, 4.69) is 12.2 Å². The van der Waals surface area contributed by atoms with Gasteiger partial charge in [-0.2, -0.15) is 0 Å². The van der Waals surface area contributed by atoms with Gasteiger partial charge in [-0.25, -0.2) is 9.59 Å². The molecule has 1 amide bonds. The molecule has 5 heteroatoms. The molecule has 1 N–H and O–H groups in total. The molecule has 5 nitrogen and oxygen atoms in total. The summed E-state index contributed by atoms with van der Waals surface area (Å²) in [6.45, 7) is 12.9. The van der Waals surface area contributed by atoms with Crippen molar-refractivity contribution in [3.8, 4) is 0 Å². The van der Waals surface area contributed by atoms with Crippen LogP contribution in [0.4, 0.5) is 4.79 Å². The number of amides is 1. The third kappa shape index (κ3) is 13.2. The number of alkyl carbamates (subject to hydrolysis) is 1. The predicted octanol–water partition coefficient (Wildman–Crippen LogP) is 4.69. The fourth-order valence-corrected chi connectivity index (χ4v) is 2.13. The minimum Gasteiger partial charge on any atom is -0.464 e. The second-order valence-electron chi connectivity index (χ2n) is 8.04. The highest BCUT2D eigenvalue weighted by atomic mass is 16.6. The summed E-state index contributed by atoms with van der Waals surface area (Å²) in [5.41, 5.74) is -0.107. The van der Waals surface area contributed by atoms with Crippen LogP contribution in [0.1, 0.15) is 80.1 Å². The molecule has 0 aliphatic heterocycles. The van der Waals surface area contributed by atoms with Crippen molar-refractivity contribution in [3.05, 3.63) is 0 Å². The molecule has 0 spiro atoms. The first-order valence-corrected chi connectivity index (χ1v) is 9.25. The monoisotopic (exact) mass is 343 g/mol. The van der Waals surface area contributed by atoms with Gasteiger partial charge in [0.25, 0.3) is 0 Å². The molecule has 0 aromatic heterocycles. The standard InChI is InChI=1S/C19H37NO4/c1-7-8-9-10-11-12-23-17(21)16(13-15(2)3)20-18(22)24-14-19(4,5)6/h15-16H,7-14H2,1-6H3,(H,20,22). The first kappa shape index (κ1) is 22.7. The number of esters is 1. The van der Waals surface area contributed by atoms with Gasteiger partial charge in [-0.15, -0.1) is 0 Å². The van der Waals surface area contributed by atoms with E-state index < -0.39 is 12.1 Å². The lowest BCUT2D eigenvalue weighted by Crippen LogP contribution is -2.43. The topological polar surface area (TPSA) is 64.6 Å². The van der Waals surface area contributed by atoms with Crippen LogP contribution in [-0.2, 0) is 14.3 Å². The molecule has 1 atom stereocenters. The zero-order valence-electron chi connectivity index (χ0n) is 16.4. The molecule has 0 heterocycles. The summed E-state index contributed by atoms with van der Waals surface area (Å²) in [6, 6.07) is -0.645. The SMILES string of the molecule is CCCCCCCOC(=O)C(CC(C)C)NC(=O)OCC(C)(C)C. The van der Waals surface area contributed by atoms with Gasteiger partial charge in [-0.1, -0.05) is 67.2 Å². The van der Waals surface area contributed by atoms with Gasteiger partial charge < -0.3 is 14.8 Å². The summed E-state index contributed by atoms with van der Waals surface area (Å²) in [6.07, 6.45) is 5.49. The van der Waals surface area contributed by atoms with E-state index in [0.717, 1.165) is 12.8 Å². The van der Waals surface area contributed by atoms with Crippen molar-refractivity contribution in [2.75, 3.05) is 13.2 Å². The molecule has 0 bridgehead atoms. The average Bonchev–Trinajstić information content (AvgIpc) is 2.46.